The van der Waals surface area contributed by atoms with Crippen molar-refractivity contribution in [1.82, 2.24) is 15.0 Å². The lowest BCUT2D eigenvalue weighted by molar-refractivity contribution is -0.138. The Hall–Kier alpha value is -2.10. The molecule has 0 fully saturated rings. The summed E-state index contributed by atoms with van der Waals surface area (Å²) in [6.07, 6.45) is 6.98. The van der Waals surface area contributed by atoms with E-state index in [0.717, 1.165) is 25.7 Å². The molecule has 0 aliphatic rings. The highest BCUT2D eigenvalue weighted by atomic mass is 32.2. The molecule has 0 bridgehead atoms. The highest BCUT2D eigenvalue weighted by molar-refractivity contribution is 7.98. The second-order valence-electron chi connectivity index (χ2n) is 5.73. The fraction of sp³-hybridized carbons (Fsp3) is 0.688. The van der Waals surface area contributed by atoms with Crippen LogP contribution in [0, 0.1) is 0 Å². The molecule has 0 saturated heterocycles. The van der Waals surface area contributed by atoms with Crippen molar-refractivity contribution in [2.24, 2.45) is 0 Å². The third-order valence-corrected chi connectivity index (χ3v) is 4.05. The van der Waals surface area contributed by atoms with Gasteiger partial charge in [-0.25, -0.2) is 0 Å². The number of carbonyl (C=O) groups is 2. The van der Waals surface area contributed by atoms with Crippen LogP contribution in [0.1, 0.15) is 51.4 Å². The van der Waals surface area contributed by atoms with Gasteiger partial charge < -0.3 is 20.8 Å². The SMILES string of the molecule is CSc1nc(NCCCCCC(=O)O)nc(NCCCCCC(=O)O)n1. The van der Waals surface area contributed by atoms with E-state index in [9.17, 15) is 9.59 Å². The van der Waals surface area contributed by atoms with Crippen LogP contribution in [0.5, 0.6) is 0 Å². The Balaban J connectivity index is 2.34. The topological polar surface area (TPSA) is 137 Å². The van der Waals surface area contributed by atoms with Crippen molar-refractivity contribution in [2.45, 2.75) is 56.5 Å². The second-order valence-corrected chi connectivity index (χ2v) is 6.51. The molecule has 0 atom stereocenters. The summed E-state index contributed by atoms with van der Waals surface area (Å²) in [5, 5.41) is 24.1. The molecule has 4 N–H and O–H groups in total. The van der Waals surface area contributed by atoms with E-state index in [2.05, 4.69) is 25.6 Å². The van der Waals surface area contributed by atoms with Gasteiger partial charge in [0, 0.05) is 25.9 Å². The summed E-state index contributed by atoms with van der Waals surface area (Å²) in [7, 11) is 0. The zero-order valence-corrected chi connectivity index (χ0v) is 15.8. The van der Waals surface area contributed by atoms with Gasteiger partial charge in [0.1, 0.15) is 0 Å². The zero-order chi connectivity index (χ0) is 19.2. The minimum absolute atomic E-state index is 0.197. The van der Waals surface area contributed by atoms with E-state index < -0.39 is 11.9 Å². The highest BCUT2D eigenvalue weighted by Crippen LogP contribution is 2.14. The minimum Gasteiger partial charge on any atom is -0.481 e. The Morgan fingerprint density at radius 1 is 0.808 bits per heavy atom. The number of carboxylic acids is 2. The van der Waals surface area contributed by atoms with Crippen molar-refractivity contribution in [2.75, 3.05) is 30.0 Å². The van der Waals surface area contributed by atoms with E-state index in [1.807, 2.05) is 6.26 Å². The van der Waals surface area contributed by atoms with Crippen LogP contribution in [0.4, 0.5) is 11.9 Å². The molecule has 1 rings (SSSR count). The lowest BCUT2D eigenvalue weighted by atomic mass is 10.2. The molecule has 0 saturated carbocycles. The van der Waals surface area contributed by atoms with Crippen LogP contribution in [0.15, 0.2) is 5.16 Å². The molecule has 0 spiro atoms. The summed E-state index contributed by atoms with van der Waals surface area (Å²) in [4.78, 5) is 33.9. The van der Waals surface area contributed by atoms with Crippen LogP contribution in [0.25, 0.3) is 0 Å². The number of rotatable bonds is 15. The van der Waals surface area contributed by atoms with Crippen LogP contribution in [0.3, 0.4) is 0 Å². The van der Waals surface area contributed by atoms with Crippen LogP contribution < -0.4 is 10.6 Å². The van der Waals surface area contributed by atoms with Gasteiger partial charge in [-0.2, -0.15) is 15.0 Å². The lowest BCUT2D eigenvalue weighted by Gasteiger charge is -2.09. The van der Waals surface area contributed by atoms with Crippen molar-refractivity contribution in [3.63, 3.8) is 0 Å². The molecule has 0 amide bonds. The Kier molecular flexibility index (Phi) is 11.1. The molecule has 1 aromatic heterocycles. The molecule has 0 aromatic carbocycles. The highest BCUT2D eigenvalue weighted by Gasteiger charge is 2.06. The van der Waals surface area contributed by atoms with Crippen molar-refractivity contribution in [3.8, 4) is 0 Å². The van der Waals surface area contributed by atoms with E-state index in [-0.39, 0.29) is 12.8 Å². The van der Waals surface area contributed by atoms with Gasteiger partial charge in [0.05, 0.1) is 0 Å². The summed E-state index contributed by atoms with van der Waals surface area (Å²) >= 11 is 1.43. The molecule has 9 nitrogen and oxygen atoms in total. The quantitative estimate of drug-likeness (QED) is 0.263. The van der Waals surface area contributed by atoms with Crippen molar-refractivity contribution < 1.29 is 19.8 Å². The summed E-state index contributed by atoms with van der Waals surface area (Å²) in [5.74, 6) is -0.538. The maximum Gasteiger partial charge on any atom is 0.303 e. The van der Waals surface area contributed by atoms with Crippen molar-refractivity contribution >= 4 is 35.6 Å². The van der Waals surface area contributed by atoms with Gasteiger partial charge in [-0.3, -0.25) is 9.59 Å². The normalized spacial score (nSPS) is 10.5. The number of thioether (sulfide) groups is 1. The number of hydrogen-bond acceptors (Lipinski definition) is 8. The predicted molar refractivity (Wildman–Crippen MR) is 101 cm³/mol. The fourth-order valence-corrected chi connectivity index (χ4v) is 2.52. The van der Waals surface area contributed by atoms with Gasteiger partial charge in [0.2, 0.25) is 11.9 Å². The first-order chi connectivity index (χ1) is 12.5. The lowest BCUT2D eigenvalue weighted by Crippen LogP contribution is -2.11. The molecule has 0 aliphatic heterocycles. The van der Waals surface area contributed by atoms with Crippen LogP contribution in [0.2, 0.25) is 0 Å². The van der Waals surface area contributed by atoms with Gasteiger partial charge >= 0.3 is 11.9 Å². The van der Waals surface area contributed by atoms with Gasteiger partial charge in [-0.15, -0.1) is 0 Å². The molecule has 1 heterocycles. The number of unbranched alkanes of at least 4 members (excludes halogenated alkanes) is 4. The molecule has 26 heavy (non-hydrogen) atoms. The molecular weight excluding hydrogens is 358 g/mol. The first-order valence-electron chi connectivity index (χ1n) is 8.72. The largest absolute Gasteiger partial charge is 0.481 e. The van der Waals surface area contributed by atoms with Gasteiger partial charge in [-0.05, 0) is 31.9 Å². The molecule has 0 radical (unpaired) electrons. The van der Waals surface area contributed by atoms with Crippen molar-refractivity contribution in [1.29, 1.82) is 0 Å². The first-order valence-corrected chi connectivity index (χ1v) is 9.95. The van der Waals surface area contributed by atoms with Crippen LogP contribution in [-0.2, 0) is 9.59 Å². The van der Waals surface area contributed by atoms with Gasteiger partial charge in [0.25, 0.3) is 0 Å². The average molecular weight is 385 g/mol. The van der Waals surface area contributed by atoms with E-state index in [1.165, 1.54) is 11.8 Å². The number of aromatic nitrogens is 3. The van der Waals surface area contributed by atoms with Crippen LogP contribution >= 0.6 is 11.8 Å². The monoisotopic (exact) mass is 385 g/mol. The van der Waals surface area contributed by atoms with E-state index >= 15 is 0 Å². The Morgan fingerprint density at radius 3 is 1.65 bits per heavy atom. The molecule has 1 aromatic rings. The Morgan fingerprint density at radius 2 is 1.27 bits per heavy atom. The third-order valence-electron chi connectivity index (χ3n) is 3.50. The number of carboxylic acid groups (broad SMARTS) is 2. The van der Waals surface area contributed by atoms with E-state index in [1.54, 1.807) is 0 Å². The van der Waals surface area contributed by atoms with Crippen molar-refractivity contribution in [3.05, 3.63) is 0 Å². The average Bonchev–Trinajstić information content (AvgIpc) is 2.60. The number of anilines is 2. The van der Waals surface area contributed by atoms with E-state index in [4.69, 9.17) is 10.2 Å². The summed E-state index contributed by atoms with van der Waals surface area (Å²) in [6.45, 7) is 1.35. The Bertz CT molecular complexity index is 529. The standard InChI is InChI=1S/C16H27N5O4S/c1-26-16-20-14(17-10-6-2-4-8-12(22)23)19-15(21-16)18-11-7-3-5-9-13(24)25/h2-11H2,1H3,(H,22,23)(H,24,25)(H2,17,18,19,20,21). The molecule has 0 unspecified atom stereocenters. The van der Waals surface area contributed by atoms with E-state index in [0.29, 0.717) is 43.0 Å². The molecule has 10 heteroatoms. The summed E-state index contributed by atoms with van der Waals surface area (Å²) in [5.41, 5.74) is 0. The number of nitrogens with one attached hydrogen (secondary N) is 2. The molecular formula is C16H27N5O4S. The fourth-order valence-electron chi connectivity index (χ4n) is 2.16. The predicted octanol–water partition coefficient (Wildman–Crippen LogP) is 2.71. The van der Waals surface area contributed by atoms with Gasteiger partial charge in [-0.1, -0.05) is 24.6 Å². The van der Waals surface area contributed by atoms with Crippen LogP contribution in [-0.4, -0.2) is 56.4 Å². The minimum atomic E-state index is -0.765. The third kappa shape index (κ3) is 10.7. The number of aliphatic carboxylic acids is 2. The number of nitrogens with zero attached hydrogens (tertiary/aromatic N) is 3. The maximum absolute atomic E-state index is 10.5. The smallest absolute Gasteiger partial charge is 0.303 e. The maximum atomic E-state index is 10.5. The Labute approximate surface area is 157 Å². The molecule has 146 valence electrons. The zero-order valence-electron chi connectivity index (χ0n) is 15.0. The molecule has 0 aliphatic carbocycles. The summed E-state index contributed by atoms with van der Waals surface area (Å²) in [6, 6.07) is 0. The van der Waals surface area contributed by atoms with Gasteiger partial charge in [0.15, 0.2) is 5.16 Å². The second kappa shape index (κ2) is 13.2. The first kappa shape index (κ1) is 21.9. The summed E-state index contributed by atoms with van der Waals surface area (Å²) < 4.78 is 0. The number of hydrogen-bond donors (Lipinski definition) is 4.